The molecule has 0 heterocycles. The van der Waals surface area contributed by atoms with Crippen molar-refractivity contribution in [2.75, 3.05) is 0 Å². The van der Waals surface area contributed by atoms with E-state index in [0.717, 1.165) is 22.8 Å². The first-order valence-electron chi connectivity index (χ1n) is 10.4. The van der Waals surface area contributed by atoms with E-state index in [0.29, 0.717) is 17.5 Å². The molecule has 0 spiro atoms. The van der Waals surface area contributed by atoms with Gasteiger partial charge in [-0.25, -0.2) is 0 Å². The van der Waals surface area contributed by atoms with Crippen LogP contribution < -0.4 is 5.32 Å². The fraction of sp³-hybridized carbons (Fsp3) is 0.652. The highest BCUT2D eigenvalue weighted by Crippen LogP contribution is 2.56. The van der Waals surface area contributed by atoms with Crippen molar-refractivity contribution in [2.24, 2.45) is 23.7 Å². The van der Waals surface area contributed by atoms with Crippen LogP contribution in [0.4, 0.5) is 0 Å². The number of nitrogens with one attached hydrogen (secondary N) is 1. The molecule has 4 bridgehead atoms. The highest BCUT2D eigenvalue weighted by Gasteiger charge is 2.51. The van der Waals surface area contributed by atoms with Gasteiger partial charge in [0.15, 0.2) is 0 Å². The minimum atomic E-state index is 0.407. The smallest absolute Gasteiger partial charge is 0.0406 e. The molecule has 0 aromatic heterocycles. The van der Waals surface area contributed by atoms with E-state index in [2.05, 4.69) is 41.7 Å². The first-order chi connectivity index (χ1) is 12.2. The standard InChI is InChI=1S/C23H30ClN/c24-21-8-6-20(7-9-21)22(19-4-2-1-3-5-19)25-23-13-16-10-17(14-23)12-18(11-16)15-23/h2,4,6-9,16-19,22,25H,1,3,5,10-15H2. The van der Waals surface area contributed by atoms with Crippen LogP contribution in [0.25, 0.3) is 0 Å². The van der Waals surface area contributed by atoms with Crippen LogP contribution in [0.5, 0.6) is 0 Å². The van der Waals surface area contributed by atoms with Crippen LogP contribution in [0, 0.1) is 23.7 Å². The normalized spacial score (nSPS) is 40.4. The van der Waals surface area contributed by atoms with Crippen molar-refractivity contribution >= 4 is 11.6 Å². The first kappa shape index (κ1) is 16.4. The molecule has 4 saturated carbocycles. The topological polar surface area (TPSA) is 12.0 Å². The molecule has 2 atom stereocenters. The van der Waals surface area contributed by atoms with Crippen LogP contribution in [0.1, 0.15) is 69.4 Å². The highest BCUT2D eigenvalue weighted by molar-refractivity contribution is 6.30. The summed E-state index contributed by atoms with van der Waals surface area (Å²) in [6, 6.07) is 9.09. The molecule has 5 aliphatic carbocycles. The zero-order valence-corrected chi connectivity index (χ0v) is 15.8. The summed E-state index contributed by atoms with van der Waals surface area (Å²) >= 11 is 6.17. The molecule has 134 valence electrons. The number of hydrogen-bond acceptors (Lipinski definition) is 1. The van der Waals surface area contributed by atoms with Gasteiger partial charge >= 0.3 is 0 Å². The van der Waals surface area contributed by atoms with Crippen molar-refractivity contribution in [1.82, 2.24) is 5.32 Å². The summed E-state index contributed by atoms with van der Waals surface area (Å²) in [7, 11) is 0. The van der Waals surface area contributed by atoms with Crippen molar-refractivity contribution < 1.29 is 0 Å². The average molecular weight is 356 g/mol. The molecule has 2 heteroatoms. The summed E-state index contributed by atoms with van der Waals surface area (Å²) in [5, 5.41) is 5.12. The lowest BCUT2D eigenvalue weighted by molar-refractivity contribution is -0.0283. The van der Waals surface area contributed by atoms with Gasteiger partial charge in [0.2, 0.25) is 0 Å². The lowest BCUT2D eigenvalue weighted by Crippen LogP contribution is -2.59. The number of rotatable bonds is 4. The molecule has 0 aliphatic heterocycles. The van der Waals surface area contributed by atoms with E-state index < -0.39 is 0 Å². The van der Waals surface area contributed by atoms with Gasteiger partial charge in [0.1, 0.15) is 0 Å². The van der Waals surface area contributed by atoms with Crippen molar-refractivity contribution in [2.45, 2.75) is 69.4 Å². The zero-order chi connectivity index (χ0) is 16.9. The van der Waals surface area contributed by atoms with E-state index in [1.165, 1.54) is 63.4 Å². The Morgan fingerprint density at radius 1 is 0.960 bits per heavy atom. The molecule has 2 unspecified atom stereocenters. The molecule has 0 saturated heterocycles. The second-order valence-electron chi connectivity index (χ2n) is 9.39. The zero-order valence-electron chi connectivity index (χ0n) is 15.1. The van der Waals surface area contributed by atoms with Crippen molar-refractivity contribution in [3.8, 4) is 0 Å². The van der Waals surface area contributed by atoms with Gasteiger partial charge in [-0.2, -0.15) is 0 Å². The molecule has 4 fully saturated rings. The minimum absolute atomic E-state index is 0.407. The molecule has 1 N–H and O–H groups in total. The maximum atomic E-state index is 6.17. The van der Waals surface area contributed by atoms with Gasteiger partial charge in [-0.15, -0.1) is 0 Å². The second-order valence-corrected chi connectivity index (χ2v) is 9.83. The van der Waals surface area contributed by atoms with E-state index in [1.807, 2.05) is 0 Å². The van der Waals surface area contributed by atoms with Crippen molar-refractivity contribution in [3.05, 3.63) is 47.0 Å². The quantitative estimate of drug-likeness (QED) is 0.625. The third kappa shape index (κ3) is 3.19. The molecule has 25 heavy (non-hydrogen) atoms. The van der Waals surface area contributed by atoms with E-state index in [9.17, 15) is 0 Å². The Balaban J connectivity index is 1.45. The molecule has 0 radical (unpaired) electrons. The van der Waals surface area contributed by atoms with Gasteiger partial charge < -0.3 is 5.32 Å². The fourth-order valence-corrected chi connectivity index (χ4v) is 6.97. The summed E-state index contributed by atoms with van der Waals surface area (Å²) in [5.41, 5.74) is 1.83. The number of allylic oxidation sites excluding steroid dienone is 1. The van der Waals surface area contributed by atoms with Gasteiger partial charge in [0.05, 0.1) is 0 Å². The van der Waals surface area contributed by atoms with Crippen LogP contribution in [-0.2, 0) is 0 Å². The van der Waals surface area contributed by atoms with Gasteiger partial charge in [0.25, 0.3) is 0 Å². The summed E-state index contributed by atoms with van der Waals surface area (Å²) in [6.07, 6.45) is 17.5. The largest absolute Gasteiger partial charge is 0.304 e. The Bertz CT molecular complexity index is 611. The molecule has 1 aromatic rings. The SMILES string of the molecule is Clc1ccc(C(NC23CC4CC(CC(C4)C2)C3)C2C=CCCC2)cc1. The molecule has 1 aromatic carbocycles. The summed E-state index contributed by atoms with van der Waals surface area (Å²) in [4.78, 5) is 0. The maximum absolute atomic E-state index is 6.17. The number of hydrogen-bond donors (Lipinski definition) is 1. The third-order valence-corrected chi connectivity index (χ3v) is 7.70. The molecule has 1 nitrogen and oxygen atoms in total. The van der Waals surface area contributed by atoms with Gasteiger partial charge in [0, 0.05) is 16.6 Å². The molecular formula is C23H30ClN. The van der Waals surface area contributed by atoms with Crippen LogP contribution >= 0.6 is 11.6 Å². The van der Waals surface area contributed by atoms with Crippen LogP contribution in [-0.4, -0.2) is 5.54 Å². The monoisotopic (exact) mass is 355 g/mol. The van der Waals surface area contributed by atoms with E-state index in [4.69, 9.17) is 11.6 Å². The maximum Gasteiger partial charge on any atom is 0.0406 e. The van der Waals surface area contributed by atoms with Crippen molar-refractivity contribution in [1.29, 1.82) is 0 Å². The Morgan fingerprint density at radius 3 is 2.16 bits per heavy atom. The summed E-state index contributed by atoms with van der Waals surface area (Å²) < 4.78 is 0. The van der Waals surface area contributed by atoms with Gasteiger partial charge in [-0.1, -0.05) is 35.9 Å². The van der Waals surface area contributed by atoms with Crippen LogP contribution in [0.3, 0.4) is 0 Å². The molecular weight excluding hydrogens is 326 g/mol. The average Bonchev–Trinajstić information content (AvgIpc) is 2.60. The van der Waals surface area contributed by atoms with E-state index >= 15 is 0 Å². The lowest BCUT2D eigenvalue weighted by Gasteiger charge is -2.58. The minimum Gasteiger partial charge on any atom is -0.304 e. The molecule has 6 rings (SSSR count). The second kappa shape index (κ2) is 6.43. The van der Waals surface area contributed by atoms with Gasteiger partial charge in [-0.05, 0) is 99.2 Å². The number of halogens is 1. The Morgan fingerprint density at radius 2 is 1.60 bits per heavy atom. The van der Waals surface area contributed by atoms with Gasteiger partial charge in [-0.3, -0.25) is 0 Å². The summed E-state index contributed by atoms with van der Waals surface area (Å²) in [6.45, 7) is 0. The van der Waals surface area contributed by atoms with Crippen LogP contribution in [0.15, 0.2) is 36.4 Å². The van der Waals surface area contributed by atoms with E-state index in [-0.39, 0.29) is 0 Å². The van der Waals surface area contributed by atoms with Crippen molar-refractivity contribution in [3.63, 3.8) is 0 Å². The predicted octanol–water partition coefficient (Wildman–Crippen LogP) is 6.30. The predicted molar refractivity (Wildman–Crippen MR) is 105 cm³/mol. The third-order valence-electron chi connectivity index (χ3n) is 7.45. The fourth-order valence-electron chi connectivity index (χ4n) is 6.84. The van der Waals surface area contributed by atoms with E-state index in [1.54, 1.807) is 0 Å². The Hall–Kier alpha value is -0.790. The number of benzene rings is 1. The van der Waals surface area contributed by atoms with Crippen LogP contribution in [0.2, 0.25) is 5.02 Å². The Labute approximate surface area is 157 Å². The highest BCUT2D eigenvalue weighted by atomic mass is 35.5. The summed E-state index contributed by atoms with van der Waals surface area (Å²) in [5.74, 6) is 3.60. The molecule has 5 aliphatic rings. The molecule has 0 amide bonds. The Kier molecular flexibility index (Phi) is 4.21. The first-order valence-corrected chi connectivity index (χ1v) is 10.8. The lowest BCUT2D eigenvalue weighted by atomic mass is 9.52.